The van der Waals surface area contributed by atoms with Crippen LogP contribution in [0.1, 0.15) is 45.4 Å². The van der Waals surface area contributed by atoms with E-state index in [1.54, 1.807) is 0 Å². The van der Waals surface area contributed by atoms with Gasteiger partial charge in [-0.25, -0.2) is 0 Å². The Morgan fingerprint density at radius 1 is 1.58 bits per heavy atom. The number of unbranched alkanes of at least 4 members (excludes halogenated alkanes) is 1. The van der Waals surface area contributed by atoms with Gasteiger partial charge in [-0.1, -0.05) is 19.8 Å². The lowest BCUT2D eigenvalue weighted by atomic mass is 9.81. The smallest absolute Gasteiger partial charge is 0.141 e. The third kappa shape index (κ3) is 1.69. The van der Waals surface area contributed by atoms with E-state index < -0.39 is 0 Å². The highest BCUT2D eigenvalue weighted by atomic mass is 16.3. The molecule has 70 valence electrons. The number of ketones is 1. The van der Waals surface area contributed by atoms with Crippen LogP contribution in [0.15, 0.2) is 0 Å². The van der Waals surface area contributed by atoms with Crippen LogP contribution in [0, 0.1) is 5.41 Å². The average Bonchev–Trinajstić information content (AvgIpc) is 2.45. The molecule has 2 heteroatoms. The zero-order valence-electron chi connectivity index (χ0n) is 7.81. The summed E-state index contributed by atoms with van der Waals surface area (Å²) in [5.41, 5.74) is -0.337. The SMILES string of the molecule is CCCCC1(CO)CCCC1=O. The predicted octanol–water partition coefficient (Wildman–Crippen LogP) is 1.91. The van der Waals surface area contributed by atoms with E-state index in [4.69, 9.17) is 0 Å². The van der Waals surface area contributed by atoms with Crippen LogP contribution in [0.4, 0.5) is 0 Å². The first-order chi connectivity index (χ1) is 5.75. The lowest BCUT2D eigenvalue weighted by Crippen LogP contribution is -2.29. The summed E-state index contributed by atoms with van der Waals surface area (Å²) in [7, 11) is 0. The maximum Gasteiger partial charge on any atom is 0.141 e. The first-order valence-corrected chi connectivity index (χ1v) is 4.89. The summed E-state index contributed by atoms with van der Waals surface area (Å²) in [5, 5.41) is 9.19. The standard InChI is InChI=1S/C10H18O2/c1-2-3-6-10(8-11)7-4-5-9(10)12/h11H,2-8H2,1H3. The summed E-state index contributed by atoms with van der Waals surface area (Å²) in [6, 6.07) is 0. The second kappa shape index (κ2) is 4.04. The molecule has 0 aromatic carbocycles. The molecule has 1 aliphatic rings. The molecule has 0 heterocycles. The third-order valence-electron chi connectivity index (χ3n) is 2.96. The Hall–Kier alpha value is -0.370. The Kier molecular flexibility index (Phi) is 3.27. The maximum atomic E-state index is 11.5. The van der Waals surface area contributed by atoms with Crippen LogP contribution < -0.4 is 0 Å². The van der Waals surface area contributed by atoms with Crippen molar-refractivity contribution in [2.75, 3.05) is 6.61 Å². The second-order valence-corrected chi connectivity index (χ2v) is 3.82. The topological polar surface area (TPSA) is 37.3 Å². The molecular formula is C10H18O2. The highest BCUT2D eigenvalue weighted by Gasteiger charge is 2.40. The van der Waals surface area contributed by atoms with Crippen LogP contribution in [0.2, 0.25) is 0 Å². The van der Waals surface area contributed by atoms with Gasteiger partial charge in [0.15, 0.2) is 0 Å². The first kappa shape index (κ1) is 9.72. The number of carbonyl (C=O) groups excluding carboxylic acids is 1. The molecule has 1 N–H and O–H groups in total. The molecule has 1 atom stereocenters. The van der Waals surface area contributed by atoms with E-state index in [1.807, 2.05) is 0 Å². The minimum Gasteiger partial charge on any atom is -0.395 e. The van der Waals surface area contributed by atoms with Gasteiger partial charge in [0.25, 0.3) is 0 Å². The fraction of sp³-hybridized carbons (Fsp3) is 0.900. The summed E-state index contributed by atoms with van der Waals surface area (Å²) in [5.74, 6) is 0.290. The molecule has 12 heavy (non-hydrogen) atoms. The zero-order valence-corrected chi connectivity index (χ0v) is 7.81. The van der Waals surface area contributed by atoms with Gasteiger partial charge in [-0.05, 0) is 19.3 Å². The van der Waals surface area contributed by atoms with E-state index in [0.717, 1.165) is 32.1 Å². The van der Waals surface area contributed by atoms with Crippen LogP contribution in [0.5, 0.6) is 0 Å². The minimum absolute atomic E-state index is 0.0613. The molecule has 0 aromatic rings. The number of hydrogen-bond acceptors (Lipinski definition) is 2. The van der Waals surface area contributed by atoms with Crippen LogP contribution in [-0.2, 0) is 4.79 Å². The van der Waals surface area contributed by atoms with Crippen molar-refractivity contribution in [1.29, 1.82) is 0 Å². The van der Waals surface area contributed by atoms with Crippen LogP contribution >= 0.6 is 0 Å². The Morgan fingerprint density at radius 2 is 2.33 bits per heavy atom. The number of rotatable bonds is 4. The van der Waals surface area contributed by atoms with E-state index >= 15 is 0 Å². The average molecular weight is 170 g/mol. The molecule has 0 aliphatic heterocycles. The molecule has 0 aromatic heterocycles. The molecule has 1 rings (SSSR count). The van der Waals surface area contributed by atoms with Gasteiger partial charge >= 0.3 is 0 Å². The van der Waals surface area contributed by atoms with E-state index in [9.17, 15) is 9.90 Å². The van der Waals surface area contributed by atoms with Crippen LogP contribution in [0.3, 0.4) is 0 Å². The summed E-state index contributed by atoms with van der Waals surface area (Å²) in [6.45, 7) is 2.18. The van der Waals surface area contributed by atoms with Gasteiger partial charge in [0, 0.05) is 6.42 Å². The number of hydrogen-bond donors (Lipinski definition) is 1. The van der Waals surface area contributed by atoms with Crippen LogP contribution in [-0.4, -0.2) is 17.5 Å². The molecule has 0 radical (unpaired) electrons. The van der Waals surface area contributed by atoms with Crippen molar-refractivity contribution < 1.29 is 9.90 Å². The Balaban J connectivity index is 2.55. The van der Waals surface area contributed by atoms with Gasteiger partial charge in [0.2, 0.25) is 0 Å². The van der Waals surface area contributed by atoms with E-state index in [0.29, 0.717) is 12.2 Å². The van der Waals surface area contributed by atoms with Crippen molar-refractivity contribution in [3.8, 4) is 0 Å². The fourth-order valence-corrected chi connectivity index (χ4v) is 2.02. The lowest BCUT2D eigenvalue weighted by Gasteiger charge is -2.24. The monoisotopic (exact) mass is 170 g/mol. The minimum atomic E-state index is -0.337. The fourth-order valence-electron chi connectivity index (χ4n) is 2.02. The van der Waals surface area contributed by atoms with E-state index in [2.05, 4.69) is 6.92 Å². The molecule has 0 amide bonds. The number of aliphatic hydroxyl groups is 1. The normalized spacial score (nSPS) is 29.7. The quantitative estimate of drug-likeness (QED) is 0.699. The van der Waals surface area contributed by atoms with Gasteiger partial charge < -0.3 is 5.11 Å². The van der Waals surface area contributed by atoms with Gasteiger partial charge in [-0.3, -0.25) is 4.79 Å². The van der Waals surface area contributed by atoms with Crippen LogP contribution in [0.25, 0.3) is 0 Å². The molecule has 1 saturated carbocycles. The number of Topliss-reactive ketones (excluding diaryl/α,β-unsaturated/α-hetero) is 1. The Bertz CT molecular complexity index is 165. The van der Waals surface area contributed by atoms with Crippen molar-refractivity contribution >= 4 is 5.78 Å². The molecule has 0 spiro atoms. The predicted molar refractivity (Wildman–Crippen MR) is 47.9 cm³/mol. The summed E-state index contributed by atoms with van der Waals surface area (Å²) in [4.78, 5) is 11.5. The van der Waals surface area contributed by atoms with Crippen molar-refractivity contribution in [3.05, 3.63) is 0 Å². The highest BCUT2D eigenvalue weighted by Crippen LogP contribution is 2.38. The highest BCUT2D eigenvalue weighted by molar-refractivity contribution is 5.86. The second-order valence-electron chi connectivity index (χ2n) is 3.82. The van der Waals surface area contributed by atoms with Crippen molar-refractivity contribution in [2.24, 2.45) is 5.41 Å². The van der Waals surface area contributed by atoms with Crippen molar-refractivity contribution in [1.82, 2.24) is 0 Å². The van der Waals surface area contributed by atoms with Crippen molar-refractivity contribution in [3.63, 3.8) is 0 Å². The number of carbonyl (C=O) groups is 1. The number of aliphatic hydroxyl groups excluding tert-OH is 1. The van der Waals surface area contributed by atoms with Crippen molar-refractivity contribution in [2.45, 2.75) is 45.4 Å². The largest absolute Gasteiger partial charge is 0.395 e. The van der Waals surface area contributed by atoms with Gasteiger partial charge in [-0.2, -0.15) is 0 Å². The Labute approximate surface area is 74.0 Å². The van der Waals surface area contributed by atoms with Gasteiger partial charge in [0.05, 0.1) is 12.0 Å². The molecule has 1 fully saturated rings. The summed E-state index contributed by atoms with van der Waals surface area (Å²) >= 11 is 0. The maximum absolute atomic E-state index is 11.5. The van der Waals surface area contributed by atoms with E-state index in [1.165, 1.54) is 0 Å². The zero-order chi connectivity index (χ0) is 9.03. The molecular weight excluding hydrogens is 152 g/mol. The summed E-state index contributed by atoms with van der Waals surface area (Å²) < 4.78 is 0. The third-order valence-corrected chi connectivity index (χ3v) is 2.96. The molecule has 0 bridgehead atoms. The van der Waals surface area contributed by atoms with Gasteiger partial charge in [-0.15, -0.1) is 0 Å². The molecule has 2 nitrogen and oxygen atoms in total. The van der Waals surface area contributed by atoms with Gasteiger partial charge in [0.1, 0.15) is 5.78 Å². The molecule has 1 aliphatic carbocycles. The van der Waals surface area contributed by atoms with E-state index in [-0.39, 0.29) is 12.0 Å². The summed E-state index contributed by atoms with van der Waals surface area (Å²) in [6.07, 6.45) is 5.62. The Morgan fingerprint density at radius 3 is 2.75 bits per heavy atom. The lowest BCUT2D eigenvalue weighted by molar-refractivity contribution is -0.128. The molecule has 1 unspecified atom stereocenters. The first-order valence-electron chi connectivity index (χ1n) is 4.89. The molecule has 0 saturated heterocycles.